The van der Waals surface area contributed by atoms with Crippen LogP contribution in [0.25, 0.3) is 11.3 Å². The number of furan rings is 1. The summed E-state index contributed by atoms with van der Waals surface area (Å²) in [6.45, 7) is 1.69. The normalized spacial score (nSPS) is 15.3. The molecule has 1 fully saturated rings. The highest BCUT2D eigenvalue weighted by Crippen LogP contribution is 2.29. The maximum Gasteiger partial charge on any atom is 0.253 e. The monoisotopic (exact) mass is 289 g/mol. The van der Waals surface area contributed by atoms with Crippen molar-refractivity contribution in [2.45, 2.75) is 19.3 Å². The van der Waals surface area contributed by atoms with Crippen LogP contribution < -0.4 is 0 Å². The second kappa shape index (κ2) is 5.71. The number of piperidine rings is 1. The van der Waals surface area contributed by atoms with E-state index in [9.17, 15) is 4.79 Å². The zero-order valence-electron chi connectivity index (χ0n) is 11.1. The molecule has 0 unspecified atom stereocenters. The van der Waals surface area contributed by atoms with Crippen LogP contribution in [0.2, 0.25) is 5.02 Å². The lowest BCUT2D eigenvalue weighted by molar-refractivity contribution is 0.0724. The third-order valence-electron chi connectivity index (χ3n) is 3.64. The van der Waals surface area contributed by atoms with Crippen molar-refractivity contribution in [2.75, 3.05) is 13.1 Å². The molecule has 1 aliphatic rings. The average Bonchev–Trinajstić information content (AvgIpc) is 3.02. The summed E-state index contributed by atoms with van der Waals surface area (Å²) in [5.41, 5.74) is 1.43. The fraction of sp³-hybridized carbons (Fsp3) is 0.312. The standard InChI is InChI=1S/C16H16ClNO2/c17-14-7-6-12(11-13(14)15-5-4-10-20-15)16(19)18-8-2-1-3-9-18/h4-7,10-11H,1-3,8-9H2. The molecule has 1 saturated heterocycles. The Morgan fingerprint density at radius 1 is 1.15 bits per heavy atom. The van der Waals surface area contributed by atoms with Gasteiger partial charge in [-0.05, 0) is 49.6 Å². The van der Waals surface area contributed by atoms with Gasteiger partial charge in [0.1, 0.15) is 5.76 Å². The van der Waals surface area contributed by atoms with Crippen molar-refractivity contribution in [3.05, 3.63) is 47.2 Å². The maximum absolute atomic E-state index is 12.5. The maximum atomic E-state index is 12.5. The minimum atomic E-state index is 0.0779. The third-order valence-corrected chi connectivity index (χ3v) is 3.97. The second-order valence-corrected chi connectivity index (χ2v) is 5.43. The average molecular weight is 290 g/mol. The molecule has 1 aliphatic heterocycles. The Hall–Kier alpha value is -1.74. The van der Waals surface area contributed by atoms with Gasteiger partial charge in [-0.25, -0.2) is 0 Å². The van der Waals surface area contributed by atoms with Gasteiger partial charge >= 0.3 is 0 Å². The van der Waals surface area contributed by atoms with Crippen LogP contribution in [0.3, 0.4) is 0 Å². The van der Waals surface area contributed by atoms with Gasteiger partial charge in [0, 0.05) is 24.2 Å². The second-order valence-electron chi connectivity index (χ2n) is 5.02. The molecule has 0 radical (unpaired) electrons. The third kappa shape index (κ3) is 2.59. The summed E-state index contributed by atoms with van der Waals surface area (Å²) in [7, 11) is 0. The van der Waals surface area contributed by atoms with Crippen LogP contribution in [0.5, 0.6) is 0 Å². The first-order valence-corrected chi connectivity index (χ1v) is 7.26. The molecule has 1 aromatic heterocycles. The fourth-order valence-corrected chi connectivity index (χ4v) is 2.77. The van der Waals surface area contributed by atoms with Gasteiger partial charge in [0.2, 0.25) is 0 Å². The van der Waals surface area contributed by atoms with E-state index in [1.165, 1.54) is 6.42 Å². The predicted octanol–water partition coefficient (Wildman–Crippen LogP) is 4.23. The number of halogens is 1. The molecule has 0 atom stereocenters. The van der Waals surface area contributed by atoms with Crippen LogP contribution in [0, 0.1) is 0 Å². The summed E-state index contributed by atoms with van der Waals surface area (Å²) >= 11 is 6.19. The number of rotatable bonds is 2. The van der Waals surface area contributed by atoms with Gasteiger partial charge in [0.25, 0.3) is 5.91 Å². The minimum Gasteiger partial charge on any atom is -0.464 e. The molecule has 4 heteroatoms. The Morgan fingerprint density at radius 2 is 1.95 bits per heavy atom. The Balaban J connectivity index is 1.90. The van der Waals surface area contributed by atoms with E-state index in [4.69, 9.17) is 16.0 Å². The number of nitrogens with zero attached hydrogens (tertiary/aromatic N) is 1. The number of hydrogen-bond acceptors (Lipinski definition) is 2. The first kappa shape index (κ1) is 13.3. The lowest BCUT2D eigenvalue weighted by Crippen LogP contribution is -2.35. The van der Waals surface area contributed by atoms with Gasteiger partial charge in [0.15, 0.2) is 0 Å². The van der Waals surface area contributed by atoms with Crippen molar-refractivity contribution in [2.24, 2.45) is 0 Å². The fourth-order valence-electron chi connectivity index (χ4n) is 2.56. The van der Waals surface area contributed by atoms with Gasteiger partial charge in [0.05, 0.1) is 11.3 Å². The molecule has 0 aliphatic carbocycles. The van der Waals surface area contributed by atoms with E-state index >= 15 is 0 Å². The minimum absolute atomic E-state index is 0.0779. The Kier molecular flexibility index (Phi) is 3.79. The quantitative estimate of drug-likeness (QED) is 0.829. The zero-order valence-corrected chi connectivity index (χ0v) is 11.9. The van der Waals surface area contributed by atoms with Gasteiger partial charge < -0.3 is 9.32 Å². The van der Waals surface area contributed by atoms with Crippen LogP contribution >= 0.6 is 11.6 Å². The van der Waals surface area contributed by atoms with E-state index in [1.54, 1.807) is 18.4 Å². The van der Waals surface area contributed by atoms with E-state index in [1.807, 2.05) is 23.1 Å². The summed E-state index contributed by atoms with van der Waals surface area (Å²) in [6.07, 6.45) is 4.99. The molecule has 20 heavy (non-hydrogen) atoms. The van der Waals surface area contributed by atoms with E-state index in [2.05, 4.69) is 0 Å². The van der Waals surface area contributed by atoms with Crippen molar-refractivity contribution in [1.29, 1.82) is 0 Å². The van der Waals surface area contributed by atoms with Crippen molar-refractivity contribution in [3.63, 3.8) is 0 Å². The predicted molar refractivity (Wildman–Crippen MR) is 78.9 cm³/mol. The highest BCUT2D eigenvalue weighted by atomic mass is 35.5. The number of carbonyl (C=O) groups excluding carboxylic acids is 1. The zero-order chi connectivity index (χ0) is 13.9. The summed E-state index contributed by atoms with van der Waals surface area (Å²) < 4.78 is 5.37. The van der Waals surface area contributed by atoms with Crippen molar-refractivity contribution in [3.8, 4) is 11.3 Å². The van der Waals surface area contributed by atoms with Crippen molar-refractivity contribution >= 4 is 17.5 Å². The molecule has 3 nitrogen and oxygen atoms in total. The number of benzene rings is 1. The van der Waals surface area contributed by atoms with E-state index in [0.29, 0.717) is 16.3 Å². The van der Waals surface area contributed by atoms with Gasteiger partial charge in [-0.3, -0.25) is 4.79 Å². The van der Waals surface area contributed by atoms with Crippen LogP contribution in [0.4, 0.5) is 0 Å². The number of hydrogen-bond donors (Lipinski definition) is 0. The lowest BCUT2D eigenvalue weighted by atomic mass is 10.1. The van der Waals surface area contributed by atoms with Crippen LogP contribution in [0.15, 0.2) is 41.0 Å². The highest BCUT2D eigenvalue weighted by molar-refractivity contribution is 6.33. The molecule has 1 aromatic carbocycles. The van der Waals surface area contributed by atoms with E-state index in [-0.39, 0.29) is 5.91 Å². The van der Waals surface area contributed by atoms with Crippen LogP contribution in [0.1, 0.15) is 29.6 Å². The molecule has 0 N–H and O–H groups in total. The molecule has 104 valence electrons. The Bertz CT molecular complexity index is 601. The van der Waals surface area contributed by atoms with Crippen molar-refractivity contribution in [1.82, 2.24) is 4.90 Å². The topological polar surface area (TPSA) is 33.5 Å². The Labute approximate surface area is 123 Å². The summed E-state index contributed by atoms with van der Waals surface area (Å²) in [4.78, 5) is 14.4. The first-order chi connectivity index (χ1) is 9.75. The summed E-state index contributed by atoms with van der Waals surface area (Å²) in [6, 6.07) is 9.02. The molecule has 2 aromatic rings. The molecule has 0 bridgehead atoms. The number of amides is 1. The van der Waals surface area contributed by atoms with E-state index in [0.717, 1.165) is 31.5 Å². The van der Waals surface area contributed by atoms with Crippen molar-refractivity contribution < 1.29 is 9.21 Å². The molecular formula is C16H16ClNO2. The number of likely N-dealkylation sites (tertiary alicyclic amines) is 1. The number of carbonyl (C=O) groups is 1. The molecule has 0 saturated carbocycles. The molecule has 3 rings (SSSR count). The van der Waals surface area contributed by atoms with E-state index < -0.39 is 0 Å². The molecule has 2 heterocycles. The van der Waals surface area contributed by atoms with Gasteiger partial charge in [-0.1, -0.05) is 11.6 Å². The summed E-state index contributed by atoms with van der Waals surface area (Å²) in [5, 5.41) is 0.593. The van der Waals surface area contributed by atoms with Crippen LogP contribution in [-0.2, 0) is 0 Å². The largest absolute Gasteiger partial charge is 0.464 e. The van der Waals surface area contributed by atoms with Gasteiger partial charge in [-0.15, -0.1) is 0 Å². The smallest absolute Gasteiger partial charge is 0.253 e. The van der Waals surface area contributed by atoms with Crippen LogP contribution in [-0.4, -0.2) is 23.9 Å². The molecule has 0 spiro atoms. The van der Waals surface area contributed by atoms with Gasteiger partial charge in [-0.2, -0.15) is 0 Å². The lowest BCUT2D eigenvalue weighted by Gasteiger charge is -2.26. The summed E-state index contributed by atoms with van der Waals surface area (Å²) in [5.74, 6) is 0.762. The molecular weight excluding hydrogens is 274 g/mol. The molecule has 1 amide bonds. The highest BCUT2D eigenvalue weighted by Gasteiger charge is 2.19. The SMILES string of the molecule is O=C(c1ccc(Cl)c(-c2ccco2)c1)N1CCCCC1. The first-order valence-electron chi connectivity index (χ1n) is 6.88. The Morgan fingerprint density at radius 3 is 2.65 bits per heavy atom.